The minimum atomic E-state index is -0.644. The number of hydrogen-bond acceptors (Lipinski definition) is 6. The highest BCUT2D eigenvalue weighted by Crippen LogP contribution is 2.30. The van der Waals surface area contributed by atoms with Gasteiger partial charge in [0.15, 0.2) is 0 Å². The summed E-state index contributed by atoms with van der Waals surface area (Å²) < 4.78 is 4.79. The second-order valence-corrected chi connectivity index (χ2v) is 6.59. The largest absolute Gasteiger partial charge is 0.465 e. The molecule has 1 aliphatic rings. The van der Waals surface area contributed by atoms with E-state index in [2.05, 4.69) is 5.32 Å². The molecule has 1 heterocycles. The molecule has 1 fully saturated rings. The number of carbonyl (C=O) groups is 2. The molecule has 0 radical (unpaired) electrons. The molecule has 8 heteroatoms. The molecule has 2 aromatic carbocycles. The van der Waals surface area contributed by atoms with Gasteiger partial charge in [0.2, 0.25) is 5.91 Å². The van der Waals surface area contributed by atoms with Crippen LogP contribution in [-0.2, 0) is 9.53 Å². The van der Waals surface area contributed by atoms with Gasteiger partial charge in [-0.15, -0.1) is 0 Å². The van der Waals surface area contributed by atoms with Gasteiger partial charge in [0.05, 0.1) is 29.2 Å². The number of ether oxygens (including phenoxy) is 1. The smallest absolute Gasteiger partial charge is 0.340 e. The van der Waals surface area contributed by atoms with E-state index in [0.717, 1.165) is 18.5 Å². The summed E-state index contributed by atoms with van der Waals surface area (Å²) in [6.07, 6.45) is 1.50. The third kappa shape index (κ3) is 4.28. The van der Waals surface area contributed by atoms with Gasteiger partial charge < -0.3 is 15.0 Å². The zero-order chi connectivity index (χ0) is 20.1. The lowest BCUT2D eigenvalue weighted by atomic mass is 9.95. The van der Waals surface area contributed by atoms with E-state index in [1.807, 2.05) is 35.2 Å². The molecule has 2 aromatic rings. The minimum Gasteiger partial charge on any atom is -0.465 e. The fraction of sp³-hybridized carbons (Fsp3) is 0.300. The number of methoxy groups -OCH3 is 1. The number of anilines is 2. The average molecular weight is 383 g/mol. The Hall–Kier alpha value is -3.42. The Morgan fingerprint density at radius 3 is 2.64 bits per heavy atom. The van der Waals surface area contributed by atoms with Gasteiger partial charge in [0.25, 0.3) is 5.69 Å². The van der Waals surface area contributed by atoms with E-state index < -0.39 is 10.9 Å². The zero-order valence-electron chi connectivity index (χ0n) is 15.5. The van der Waals surface area contributed by atoms with Crippen LogP contribution in [0.3, 0.4) is 0 Å². The van der Waals surface area contributed by atoms with Gasteiger partial charge in [-0.1, -0.05) is 18.2 Å². The first kappa shape index (κ1) is 19.3. The summed E-state index contributed by atoms with van der Waals surface area (Å²) >= 11 is 0. The van der Waals surface area contributed by atoms with Crippen molar-refractivity contribution in [3.63, 3.8) is 0 Å². The molecule has 1 amide bonds. The van der Waals surface area contributed by atoms with Gasteiger partial charge in [-0.05, 0) is 31.0 Å². The standard InChI is InChI=1S/C20H21N3O5/c1-28-20(25)17-12-16(23(26)27)9-10-18(17)22-11-5-6-14(13-22)19(24)21-15-7-3-2-4-8-15/h2-4,7-10,12,14H,5-6,11,13H2,1H3,(H,21,24). The van der Waals surface area contributed by atoms with Gasteiger partial charge in [0, 0.05) is 30.9 Å². The minimum absolute atomic E-state index is 0.0857. The fourth-order valence-electron chi connectivity index (χ4n) is 3.36. The molecule has 1 aliphatic heterocycles. The molecule has 8 nitrogen and oxygen atoms in total. The Morgan fingerprint density at radius 1 is 1.21 bits per heavy atom. The third-order valence-electron chi connectivity index (χ3n) is 4.77. The molecule has 1 N–H and O–H groups in total. The number of para-hydroxylation sites is 1. The van der Waals surface area contributed by atoms with Gasteiger partial charge in [-0.2, -0.15) is 0 Å². The monoisotopic (exact) mass is 383 g/mol. The van der Waals surface area contributed by atoms with E-state index >= 15 is 0 Å². The summed E-state index contributed by atoms with van der Waals surface area (Å²) in [4.78, 5) is 37.2. The highest BCUT2D eigenvalue weighted by Gasteiger charge is 2.29. The van der Waals surface area contributed by atoms with Crippen LogP contribution in [0.15, 0.2) is 48.5 Å². The summed E-state index contributed by atoms with van der Waals surface area (Å²) in [5, 5.41) is 14.0. The molecule has 1 unspecified atom stereocenters. The number of nitrogens with one attached hydrogen (secondary N) is 1. The van der Waals surface area contributed by atoms with Crippen molar-refractivity contribution < 1.29 is 19.2 Å². The van der Waals surface area contributed by atoms with E-state index in [1.165, 1.54) is 19.2 Å². The number of rotatable bonds is 5. The molecular weight excluding hydrogens is 362 g/mol. The van der Waals surface area contributed by atoms with Gasteiger partial charge in [-0.25, -0.2) is 4.79 Å². The molecular formula is C20H21N3O5. The number of piperidine rings is 1. The summed E-state index contributed by atoms with van der Waals surface area (Å²) in [6.45, 7) is 1.07. The van der Waals surface area contributed by atoms with Gasteiger partial charge >= 0.3 is 5.97 Å². The third-order valence-corrected chi connectivity index (χ3v) is 4.77. The average Bonchev–Trinajstić information content (AvgIpc) is 2.73. The van der Waals surface area contributed by atoms with Crippen LogP contribution in [0, 0.1) is 16.0 Å². The van der Waals surface area contributed by atoms with Crippen molar-refractivity contribution in [3.05, 3.63) is 64.2 Å². The molecule has 1 atom stereocenters. The van der Waals surface area contributed by atoms with Crippen LogP contribution in [0.4, 0.5) is 17.1 Å². The highest BCUT2D eigenvalue weighted by molar-refractivity contribution is 5.97. The number of non-ortho nitro benzene ring substituents is 1. The normalized spacial score (nSPS) is 16.3. The molecule has 0 aliphatic carbocycles. The van der Waals surface area contributed by atoms with Crippen LogP contribution in [0.5, 0.6) is 0 Å². The Balaban J connectivity index is 1.81. The van der Waals surface area contributed by atoms with Gasteiger partial charge in [-0.3, -0.25) is 14.9 Å². The first-order valence-electron chi connectivity index (χ1n) is 8.97. The van der Waals surface area contributed by atoms with Crippen molar-refractivity contribution in [1.29, 1.82) is 0 Å². The van der Waals surface area contributed by atoms with E-state index in [9.17, 15) is 19.7 Å². The first-order valence-corrected chi connectivity index (χ1v) is 8.97. The maximum atomic E-state index is 12.6. The Bertz CT molecular complexity index is 885. The summed E-state index contributed by atoms with van der Waals surface area (Å²) in [6, 6.07) is 13.3. The van der Waals surface area contributed by atoms with Crippen molar-refractivity contribution in [3.8, 4) is 0 Å². The van der Waals surface area contributed by atoms with Crippen molar-refractivity contribution in [1.82, 2.24) is 0 Å². The first-order chi connectivity index (χ1) is 13.5. The fourth-order valence-corrected chi connectivity index (χ4v) is 3.36. The van der Waals surface area contributed by atoms with Crippen LogP contribution in [0.25, 0.3) is 0 Å². The lowest BCUT2D eigenvalue weighted by Crippen LogP contribution is -2.41. The second kappa shape index (κ2) is 8.51. The number of carbonyl (C=O) groups excluding carboxylic acids is 2. The number of benzene rings is 2. The van der Waals surface area contributed by atoms with Crippen LogP contribution in [0.2, 0.25) is 0 Å². The lowest BCUT2D eigenvalue weighted by molar-refractivity contribution is -0.384. The Labute approximate surface area is 162 Å². The maximum Gasteiger partial charge on any atom is 0.340 e. The molecule has 0 bridgehead atoms. The lowest BCUT2D eigenvalue weighted by Gasteiger charge is -2.34. The molecule has 0 aromatic heterocycles. The van der Waals surface area contributed by atoms with E-state index in [4.69, 9.17) is 4.74 Å². The second-order valence-electron chi connectivity index (χ2n) is 6.59. The highest BCUT2D eigenvalue weighted by atomic mass is 16.6. The SMILES string of the molecule is COC(=O)c1cc([N+](=O)[O-])ccc1N1CCCC(C(=O)Nc2ccccc2)C1. The number of nitro groups is 1. The Morgan fingerprint density at radius 2 is 1.96 bits per heavy atom. The van der Waals surface area contributed by atoms with Crippen molar-refractivity contribution in [2.24, 2.45) is 5.92 Å². The number of amides is 1. The van der Waals surface area contributed by atoms with E-state index in [0.29, 0.717) is 18.8 Å². The summed E-state index contributed by atoms with van der Waals surface area (Å²) in [5.41, 5.74) is 1.21. The zero-order valence-corrected chi connectivity index (χ0v) is 15.5. The van der Waals surface area contributed by atoms with Crippen molar-refractivity contribution >= 4 is 28.9 Å². The van der Waals surface area contributed by atoms with E-state index in [-0.39, 0.29) is 23.1 Å². The van der Waals surface area contributed by atoms with Crippen LogP contribution in [0.1, 0.15) is 23.2 Å². The molecule has 0 spiro atoms. The maximum absolute atomic E-state index is 12.6. The van der Waals surface area contributed by atoms with Crippen molar-refractivity contribution in [2.45, 2.75) is 12.8 Å². The quantitative estimate of drug-likeness (QED) is 0.483. The van der Waals surface area contributed by atoms with Crippen LogP contribution >= 0.6 is 0 Å². The van der Waals surface area contributed by atoms with Crippen LogP contribution in [-0.4, -0.2) is 37.0 Å². The summed E-state index contributed by atoms with van der Waals surface area (Å²) in [5.74, 6) is -0.985. The number of hydrogen-bond donors (Lipinski definition) is 1. The van der Waals surface area contributed by atoms with Gasteiger partial charge in [0.1, 0.15) is 0 Å². The molecule has 1 saturated heterocycles. The molecule has 0 saturated carbocycles. The number of nitrogens with zero attached hydrogens (tertiary/aromatic N) is 2. The topological polar surface area (TPSA) is 102 Å². The number of nitro benzene ring substituents is 1. The van der Waals surface area contributed by atoms with E-state index in [1.54, 1.807) is 6.07 Å². The number of esters is 1. The molecule has 3 rings (SSSR count). The van der Waals surface area contributed by atoms with Crippen molar-refractivity contribution in [2.75, 3.05) is 30.4 Å². The Kier molecular flexibility index (Phi) is 5.88. The van der Waals surface area contributed by atoms with Crippen LogP contribution < -0.4 is 10.2 Å². The predicted octanol–water partition coefficient (Wildman–Crippen LogP) is 3.24. The molecule has 146 valence electrons. The summed E-state index contributed by atoms with van der Waals surface area (Å²) in [7, 11) is 1.23. The predicted molar refractivity (Wildman–Crippen MR) is 104 cm³/mol. The molecule has 28 heavy (non-hydrogen) atoms.